The fourth-order valence-corrected chi connectivity index (χ4v) is 4.44. The molecule has 1 unspecified atom stereocenters. The summed E-state index contributed by atoms with van der Waals surface area (Å²) in [6.45, 7) is 3.27. The number of halogens is 4. The van der Waals surface area contributed by atoms with Gasteiger partial charge in [-0.25, -0.2) is 9.37 Å². The van der Waals surface area contributed by atoms with Crippen LogP contribution in [0.5, 0.6) is 11.5 Å². The van der Waals surface area contributed by atoms with Crippen LogP contribution in [0.4, 0.5) is 17.6 Å². The van der Waals surface area contributed by atoms with Crippen LogP contribution in [-0.2, 0) is 13.0 Å². The largest absolute Gasteiger partial charge is 0.491 e. The Morgan fingerprint density at radius 1 is 1.17 bits per heavy atom. The maximum Gasteiger partial charge on any atom is 0.428 e. The van der Waals surface area contributed by atoms with E-state index in [0.29, 0.717) is 5.69 Å². The minimum Gasteiger partial charge on any atom is -0.491 e. The van der Waals surface area contributed by atoms with Crippen molar-refractivity contribution in [1.82, 2.24) is 19.0 Å². The molecule has 36 heavy (non-hydrogen) atoms. The highest BCUT2D eigenvalue weighted by Crippen LogP contribution is 2.48. The number of aromatic nitrogens is 3. The second-order valence-electron chi connectivity index (χ2n) is 8.98. The van der Waals surface area contributed by atoms with Gasteiger partial charge in [0.1, 0.15) is 23.7 Å². The lowest BCUT2D eigenvalue weighted by Crippen LogP contribution is -2.46. The number of hydrogen-bond acceptors (Lipinski definition) is 5. The Hall–Kier alpha value is -3.83. The first-order valence-electron chi connectivity index (χ1n) is 11.2. The zero-order valence-electron chi connectivity index (χ0n) is 19.4. The van der Waals surface area contributed by atoms with Gasteiger partial charge in [0, 0.05) is 31.3 Å². The maximum absolute atomic E-state index is 14.1. The summed E-state index contributed by atoms with van der Waals surface area (Å²) in [7, 11) is 0. The summed E-state index contributed by atoms with van der Waals surface area (Å²) in [5.74, 6) is -1.67. The van der Waals surface area contributed by atoms with Crippen molar-refractivity contribution in [2.24, 2.45) is 0 Å². The SMILES string of the molecule is Cc1cn(-c2ccc3n(c2=O)CCN(CCOc2ccc(F)c4c2CC(C)(C(F)(F)F)O4)C3=O)cn1. The maximum atomic E-state index is 14.1. The van der Waals surface area contributed by atoms with E-state index < -0.39 is 29.8 Å². The molecule has 2 aliphatic heterocycles. The van der Waals surface area contributed by atoms with Crippen LogP contribution < -0.4 is 15.0 Å². The summed E-state index contributed by atoms with van der Waals surface area (Å²) >= 11 is 0. The van der Waals surface area contributed by atoms with Crippen molar-refractivity contribution in [2.75, 3.05) is 19.7 Å². The molecule has 0 fully saturated rings. The standard InChI is InChI=1S/C24H22F4N4O4/c1-14-12-31(13-29-14)17-4-5-18-21(33)30(7-8-32(18)22(17)34)9-10-35-19-6-3-16(25)20-15(19)11-23(2,36-20)24(26,27)28/h3-6,12-13H,7-11H2,1-2H3. The van der Waals surface area contributed by atoms with E-state index in [4.69, 9.17) is 9.47 Å². The highest BCUT2D eigenvalue weighted by molar-refractivity contribution is 5.93. The lowest BCUT2D eigenvalue weighted by atomic mass is 9.98. The van der Waals surface area contributed by atoms with Crippen LogP contribution >= 0.6 is 0 Å². The number of carbonyl (C=O) groups is 1. The van der Waals surface area contributed by atoms with Crippen LogP contribution in [0.3, 0.4) is 0 Å². The Bertz CT molecular complexity index is 1410. The third-order valence-electron chi connectivity index (χ3n) is 6.47. The number of amides is 1. The molecule has 0 radical (unpaired) electrons. The predicted octanol–water partition coefficient (Wildman–Crippen LogP) is 3.27. The quantitative estimate of drug-likeness (QED) is 0.497. The molecule has 1 amide bonds. The summed E-state index contributed by atoms with van der Waals surface area (Å²) in [5, 5.41) is 0. The van der Waals surface area contributed by atoms with Crippen LogP contribution in [0.15, 0.2) is 41.6 Å². The molecule has 1 aromatic carbocycles. The fraction of sp³-hybridized carbons (Fsp3) is 0.375. The van der Waals surface area contributed by atoms with Gasteiger partial charge >= 0.3 is 6.18 Å². The zero-order valence-corrected chi connectivity index (χ0v) is 19.4. The van der Waals surface area contributed by atoms with Gasteiger partial charge in [-0.3, -0.25) is 9.59 Å². The van der Waals surface area contributed by atoms with Crippen molar-refractivity contribution < 1.29 is 31.8 Å². The average Bonchev–Trinajstić information content (AvgIpc) is 3.41. The number of pyridine rings is 1. The first-order chi connectivity index (χ1) is 17.0. The minimum atomic E-state index is -4.70. The van der Waals surface area contributed by atoms with Crippen molar-refractivity contribution in [2.45, 2.75) is 38.6 Å². The molecule has 1 atom stereocenters. The number of fused-ring (bicyclic) bond motifs is 2. The van der Waals surface area contributed by atoms with E-state index >= 15 is 0 Å². The van der Waals surface area contributed by atoms with Crippen molar-refractivity contribution in [3.8, 4) is 17.2 Å². The number of hydrogen-bond donors (Lipinski definition) is 0. The third-order valence-corrected chi connectivity index (χ3v) is 6.47. The van der Waals surface area contributed by atoms with Gasteiger partial charge in [0.25, 0.3) is 11.5 Å². The number of nitrogens with zero attached hydrogens (tertiary/aromatic N) is 4. The van der Waals surface area contributed by atoms with E-state index in [1.807, 2.05) is 0 Å². The molecule has 0 saturated heterocycles. The summed E-state index contributed by atoms with van der Waals surface area (Å²) in [6.07, 6.45) is -2.04. The third kappa shape index (κ3) is 3.90. The Kier molecular flexibility index (Phi) is 5.56. The molecule has 0 aliphatic carbocycles. The summed E-state index contributed by atoms with van der Waals surface area (Å²) in [4.78, 5) is 31.5. The molecule has 0 bridgehead atoms. The Morgan fingerprint density at radius 2 is 1.94 bits per heavy atom. The second-order valence-corrected chi connectivity index (χ2v) is 8.98. The number of rotatable bonds is 5. The van der Waals surface area contributed by atoms with Gasteiger partial charge < -0.3 is 23.5 Å². The van der Waals surface area contributed by atoms with Crippen molar-refractivity contribution in [3.63, 3.8) is 0 Å². The van der Waals surface area contributed by atoms with Gasteiger partial charge in [-0.1, -0.05) is 0 Å². The molecule has 12 heteroatoms. The second kappa shape index (κ2) is 8.38. The van der Waals surface area contributed by atoms with E-state index in [9.17, 15) is 27.2 Å². The Balaban J connectivity index is 1.29. The Labute approximate surface area is 202 Å². The number of alkyl halides is 3. The average molecular weight is 506 g/mol. The van der Waals surface area contributed by atoms with E-state index in [1.165, 1.54) is 21.9 Å². The van der Waals surface area contributed by atoms with Crippen molar-refractivity contribution in [1.29, 1.82) is 0 Å². The lowest BCUT2D eigenvalue weighted by molar-refractivity contribution is -0.235. The van der Waals surface area contributed by atoms with Crippen molar-refractivity contribution in [3.05, 3.63) is 69.9 Å². The number of imidazole rings is 1. The van der Waals surface area contributed by atoms with E-state index in [0.717, 1.165) is 18.7 Å². The van der Waals surface area contributed by atoms with Gasteiger partial charge in [0.2, 0.25) is 5.60 Å². The molecule has 0 saturated carbocycles. The number of benzene rings is 1. The normalized spacial score (nSPS) is 19.2. The van der Waals surface area contributed by atoms with Gasteiger partial charge in [0.05, 0.1) is 18.6 Å². The van der Waals surface area contributed by atoms with Crippen molar-refractivity contribution >= 4 is 5.91 Å². The number of aryl methyl sites for hydroxylation is 1. The number of ether oxygens (including phenoxy) is 2. The van der Waals surface area contributed by atoms with Gasteiger partial charge in [-0.2, -0.15) is 13.2 Å². The fourth-order valence-electron chi connectivity index (χ4n) is 4.44. The van der Waals surface area contributed by atoms with Gasteiger partial charge in [0.15, 0.2) is 11.6 Å². The molecule has 5 rings (SSSR count). The summed E-state index contributed by atoms with van der Waals surface area (Å²) in [5.41, 5.74) is -1.52. The molecule has 2 aliphatic rings. The molecular weight excluding hydrogens is 484 g/mol. The molecule has 0 N–H and O–H groups in total. The molecule has 8 nitrogen and oxygen atoms in total. The van der Waals surface area contributed by atoms with Crippen LogP contribution in [-0.4, -0.2) is 56.4 Å². The lowest BCUT2D eigenvalue weighted by Gasteiger charge is -2.29. The predicted molar refractivity (Wildman–Crippen MR) is 119 cm³/mol. The van der Waals surface area contributed by atoms with E-state index in [2.05, 4.69) is 4.98 Å². The van der Waals surface area contributed by atoms with E-state index in [-0.39, 0.29) is 54.7 Å². The molecule has 4 heterocycles. The van der Waals surface area contributed by atoms with Crippen LogP contribution in [0, 0.1) is 12.7 Å². The first kappa shape index (κ1) is 23.9. The summed E-state index contributed by atoms with van der Waals surface area (Å²) < 4.78 is 68.0. The molecule has 190 valence electrons. The van der Waals surface area contributed by atoms with Crippen LogP contribution in [0.25, 0.3) is 5.69 Å². The topological polar surface area (TPSA) is 78.6 Å². The number of carbonyl (C=O) groups excluding carboxylic acids is 1. The summed E-state index contributed by atoms with van der Waals surface area (Å²) in [6, 6.07) is 5.38. The molecule has 3 aromatic rings. The molecule has 2 aromatic heterocycles. The molecular formula is C24H22F4N4O4. The smallest absolute Gasteiger partial charge is 0.428 e. The molecule has 0 spiro atoms. The first-order valence-corrected chi connectivity index (χ1v) is 11.2. The Morgan fingerprint density at radius 3 is 2.64 bits per heavy atom. The highest BCUT2D eigenvalue weighted by atomic mass is 19.4. The van der Waals surface area contributed by atoms with Crippen LogP contribution in [0.2, 0.25) is 0 Å². The van der Waals surface area contributed by atoms with Crippen LogP contribution in [0.1, 0.15) is 28.7 Å². The monoisotopic (exact) mass is 506 g/mol. The van der Waals surface area contributed by atoms with E-state index in [1.54, 1.807) is 29.8 Å². The van der Waals surface area contributed by atoms with Gasteiger partial charge in [-0.15, -0.1) is 0 Å². The highest BCUT2D eigenvalue weighted by Gasteiger charge is 2.58. The van der Waals surface area contributed by atoms with Gasteiger partial charge in [-0.05, 0) is 38.1 Å². The minimum absolute atomic E-state index is 0.000962. The zero-order chi connectivity index (χ0) is 25.8.